The van der Waals surface area contributed by atoms with E-state index in [0.29, 0.717) is 18.0 Å². The summed E-state index contributed by atoms with van der Waals surface area (Å²) >= 11 is 0. The Bertz CT molecular complexity index is 560. The molecular formula is C14H14N2O3. The molecule has 0 bridgehead atoms. The fourth-order valence-electron chi connectivity index (χ4n) is 1.94. The molecule has 2 aromatic rings. The van der Waals surface area contributed by atoms with Gasteiger partial charge in [0, 0.05) is 25.0 Å². The topological polar surface area (TPSA) is 66.6 Å². The van der Waals surface area contributed by atoms with Crippen molar-refractivity contribution in [2.24, 2.45) is 5.73 Å². The van der Waals surface area contributed by atoms with Crippen molar-refractivity contribution in [2.75, 3.05) is 13.3 Å². The molecule has 19 heavy (non-hydrogen) atoms. The Morgan fingerprint density at radius 3 is 2.74 bits per heavy atom. The van der Waals surface area contributed by atoms with Gasteiger partial charge in [-0.05, 0) is 29.8 Å². The van der Waals surface area contributed by atoms with Crippen molar-refractivity contribution >= 4 is 0 Å². The Kier molecular flexibility index (Phi) is 3.20. The minimum atomic E-state index is -0.205. The maximum atomic E-state index is 5.89. The van der Waals surface area contributed by atoms with E-state index in [4.69, 9.17) is 19.9 Å². The van der Waals surface area contributed by atoms with Crippen molar-refractivity contribution in [2.45, 2.75) is 6.10 Å². The third-order valence-electron chi connectivity index (χ3n) is 2.91. The van der Waals surface area contributed by atoms with Gasteiger partial charge in [0.1, 0.15) is 11.9 Å². The Hall–Kier alpha value is -2.27. The second-order valence-corrected chi connectivity index (χ2v) is 4.14. The van der Waals surface area contributed by atoms with Crippen LogP contribution in [0.25, 0.3) is 0 Å². The van der Waals surface area contributed by atoms with Crippen LogP contribution in [0.3, 0.4) is 0 Å². The summed E-state index contributed by atoms with van der Waals surface area (Å²) in [5.74, 6) is 2.14. The molecule has 0 saturated carbocycles. The SMILES string of the molecule is NCC(Oc1ccc2c(c1)OCO2)c1ccncc1. The second kappa shape index (κ2) is 5.16. The predicted octanol–water partition coefficient (Wildman–Crippen LogP) is 1.89. The predicted molar refractivity (Wildman–Crippen MR) is 69.2 cm³/mol. The molecule has 5 nitrogen and oxygen atoms in total. The van der Waals surface area contributed by atoms with Crippen molar-refractivity contribution in [3.63, 3.8) is 0 Å². The van der Waals surface area contributed by atoms with Gasteiger partial charge in [-0.15, -0.1) is 0 Å². The first-order chi connectivity index (χ1) is 9.36. The van der Waals surface area contributed by atoms with E-state index < -0.39 is 0 Å². The van der Waals surface area contributed by atoms with E-state index in [1.807, 2.05) is 30.3 Å². The largest absolute Gasteiger partial charge is 0.484 e. The lowest BCUT2D eigenvalue weighted by molar-refractivity contribution is 0.173. The smallest absolute Gasteiger partial charge is 0.231 e. The van der Waals surface area contributed by atoms with Gasteiger partial charge in [0.25, 0.3) is 0 Å². The van der Waals surface area contributed by atoms with E-state index in [-0.39, 0.29) is 12.9 Å². The molecule has 5 heteroatoms. The first kappa shape index (κ1) is 11.8. The summed E-state index contributed by atoms with van der Waals surface area (Å²) in [6, 6.07) is 9.27. The molecule has 1 atom stereocenters. The number of hydrogen-bond donors (Lipinski definition) is 1. The van der Waals surface area contributed by atoms with E-state index in [1.165, 1.54) is 0 Å². The average Bonchev–Trinajstić information content (AvgIpc) is 2.93. The maximum Gasteiger partial charge on any atom is 0.231 e. The number of fused-ring (bicyclic) bond motifs is 1. The summed E-state index contributed by atoms with van der Waals surface area (Å²) in [7, 11) is 0. The van der Waals surface area contributed by atoms with Crippen LogP contribution in [0.15, 0.2) is 42.7 Å². The van der Waals surface area contributed by atoms with Crippen LogP contribution in [0, 0.1) is 0 Å². The zero-order valence-electron chi connectivity index (χ0n) is 10.3. The Morgan fingerprint density at radius 2 is 1.95 bits per heavy atom. The Labute approximate surface area is 110 Å². The van der Waals surface area contributed by atoms with Gasteiger partial charge in [0.05, 0.1) is 0 Å². The summed E-state index contributed by atoms with van der Waals surface area (Å²) in [6.45, 7) is 0.641. The highest BCUT2D eigenvalue weighted by Gasteiger charge is 2.16. The minimum Gasteiger partial charge on any atom is -0.484 e. The number of ether oxygens (including phenoxy) is 3. The number of aromatic nitrogens is 1. The molecule has 3 rings (SSSR count). The Morgan fingerprint density at radius 1 is 1.16 bits per heavy atom. The maximum absolute atomic E-state index is 5.89. The van der Waals surface area contributed by atoms with Crippen molar-refractivity contribution in [1.82, 2.24) is 4.98 Å². The first-order valence-electron chi connectivity index (χ1n) is 6.03. The van der Waals surface area contributed by atoms with Gasteiger partial charge < -0.3 is 19.9 Å². The van der Waals surface area contributed by atoms with Crippen LogP contribution in [-0.2, 0) is 0 Å². The summed E-state index contributed by atoms with van der Waals surface area (Å²) in [5, 5.41) is 0. The molecule has 1 aliphatic rings. The molecule has 0 radical (unpaired) electrons. The van der Waals surface area contributed by atoms with Crippen LogP contribution < -0.4 is 19.9 Å². The van der Waals surface area contributed by atoms with E-state index in [1.54, 1.807) is 12.4 Å². The number of hydrogen-bond acceptors (Lipinski definition) is 5. The van der Waals surface area contributed by atoms with Gasteiger partial charge in [0.15, 0.2) is 11.5 Å². The summed E-state index contributed by atoms with van der Waals surface area (Å²) in [4.78, 5) is 3.98. The van der Waals surface area contributed by atoms with E-state index in [2.05, 4.69) is 4.98 Å². The summed E-state index contributed by atoms with van der Waals surface area (Å²) < 4.78 is 16.5. The highest BCUT2D eigenvalue weighted by atomic mass is 16.7. The molecule has 98 valence electrons. The van der Waals surface area contributed by atoms with Crippen LogP contribution in [-0.4, -0.2) is 18.3 Å². The molecule has 1 aliphatic heterocycles. The van der Waals surface area contributed by atoms with Gasteiger partial charge in [-0.3, -0.25) is 4.98 Å². The molecule has 0 spiro atoms. The number of nitrogens with zero attached hydrogens (tertiary/aromatic N) is 1. The van der Waals surface area contributed by atoms with Gasteiger partial charge in [-0.25, -0.2) is 0 Å². The standard InChI is InChI=1S/C14H14N2O3/c15-8-14(10-3-5-16-6-4-10)19-11-1-2-12-13(7-11)18-9-17-12/h1-7,14H,8-9,15H2. The molecule has 0 fully saturated rings. The van der Waals surface area contributed by atoms with Crippen LogP contribution in [0.1, 0.15) is 11.7 Å². The molecule has 0 amide bonds. The van der Waals surface area contributed by atoms with Gasteiger partial charge in [-0.1, -0.05) is 0 Å². The number of nitrogens with two attached hydrogens (primary N) is 1. The minimum absolute atomic E-state index is 0.205. The van der Waals surface area contributed by atoms with Crippen molar-refractivity contribution < 1.29 is 14.2 Å². The summed E-state index contributed by atoms with van der Waals surface area (Å²) in [5.41, 5.74) is 6.76. The highest BCUT2D eigenvalue weighted by Crippen LogP contribution is 2.36. The lowest BCUT2D eigenvalue weighted by Crippen LogP contribution is -2.18. The molecule has 1 aromatic heterocycles. The van der Waals surface area contributed by atoms with Gasteiger partial charge in [0.2, 0.25) is 6.79 Å². The van der Waals surface area contributed by atoms with E-state index in [0.717, 1.165) is 11.3 Å². The van der Waals surface area contributed by atoms with E-state index >= 15 is 0 Å². The zero-order chi connectivity index (χ0) is 13.1. The zero-order valence-corrected chi connectivity index (χ0v) is 10.3. The third-order valence-corrected chi connectivity index (χ3v) is 2.91. The molecule has 1 aromatic carbocycles. The average molecular weight is 258 g/mol. The van der Waals surface area contributed by atoms with Crippen LogP contribution in [0.2, 0.25) is 0 Å². The molecule has 0 saturated heterocycles. The molecule has 2 heterocycles. The number of rotatable bonds is 4. The van der Waals surface area contributed by atoms with E-state index in [9.17, 15) is 0 Å². The van der Waals surface area contributed by atoms with Gasteiger partial charge >= 0.3 is 0 Å². The molecule has 1 unspecified atom stereocenters. The van der Waals surface area contributed by atoms with Crippen LogP contribution >= 0.6 is 0 Å². The fourth-order valence-corrected chi connectivity index (χ4v) is 1.94. The Balaban J connectivity index is 1.80. The molecule has 2 N–H and O–H groups in total. The third kappa shape index (κ3) is 2.46. The quantitative estimate of drug-likeness (QED) is 0.907. The van der Waals surface area contributed by atoms with Crippen LogP contribution in [0.5, 0.6) is 17.2 Å². The lowest BCUT2D eigenvalue weighted by atomic mass is 10.1. The van der Waals surface area contributed by atoms with Crippen LogP contribution in [0.4, 0.5) is 0 Å². The van der Waals surface area contributed by atoms with Crippen molar-refractivity contribution in [3.05, 3.63) is 48.3 Å². The molecular weight excluding hydrogens is 244 g/mol. The number of pyridine rings is 1. The summed E-state index contributed by atoms with van der Waals surface area (Å²) in [6.07, 6.45) is 3.24. The normalized spacial score (nSPS) is 14.2. The molecule has 0 aliphatic carbocycles. The fraction of sp³-hybridized carbons (Fsp3) is 0.214. The van der Waals surface area contributed by atoms with Gasteiger partial charge in [-0.2, -0.15) is 0 Å². The lowest BCUT2D eigenvalue weighted by Gasteiger charge is -2.17. The second-order valence-electron chi connectivity index (χ2n) is 4.14. The number of benzene rings is 1. The highest BCUT2D eigenvalue weighted by molar-refractivity contribution is 5.47. The van der Waals surface area contributed by atoms with Crippen molar-refractivity contribution in [1.29, 1.82) is 0 Å². The van der Waals surface area contributed by atoms with Crippen molar-refractivity contribution in [3.8, 4) is 17.2 Å². The monoisotopic (exact) mass is 258 g/mol. The first-order valence-corrected chi connectivity index (χ1v) is 6.03.